The van der Waals surface area contributed by atoms with E-state index < -0.39 is 47.2 Å². The third-order valence-electron chi connectivity index (χ3n) is 9.07. The molecule has 1 aliphatic heterocycles. The molecule has 3 aromatic carbocycles. The summed E-state index contributed by atoms with van der Waals surface area (Å²) in [6, 6.07) is 9.38. The standard InChI is InChI=1S/C32H26O9/c1-13-9-16-24(20(10-13)39-2)31(38)41-30-19(34)8-7-17-22-14(12-32(17,30)29(16)37)11-21(40-3)25-26(22)27(35)15-5-4-6-18(33)23(15)28(25)36/h4-11,17,19,29-30,33-34,37H,12H2,1-3H3/t17-,19-,29+,30-,32+/m1/s1. The number of fused-ring (bicyclic) bond motifs is 6. The van der Waals surface area contributed by atoms with E-state index in [2.05, 4.69) is 0 Å². The average molecular weight is 555 g/mol. The number of hydrogen-bond acceptors (Lipinski definition) is 9. The van der Waals surface area contributed by atoms with E-state index in [-0.39, 0.29) is 51.5 Å². The Morgan fingerprint density at radius 3 is 2.37 bits per heavy atom. The second kappa shape index (κ2) is 8.52. The smallest absolute Gasteiger partial charge is 0.342 e. The second-order valence-electron chi connectivity index (χ2n) is 11.1. The van der Waals surface area contributed by atoms with E-state index in [1.807, 2.05) is 6.92 Å². The molecule has 0 fully saturated rings. The van der Waals surface area contributed by atoms with Crippen molar-refractivity contribution in [1.82, 2.24) is 0 Å². The van der Waals surface area contributed by atoms with Crippen LogP contribution in [0, 0.1) is 12.3 Å². The Hall–Kier alpha value is -4.47. The molecule has 4 aliphatic rings. The molecule has 0 bridgehead atoms. The minimum atomic E-state index is -1.33. The van der Waals surface area contributed by atoms with Crippen LogP contribution in [0.15, 0.2) is 48.6 Å². The molecular formula is C32H26O9. The molecule has 9 nitrogen and oxygen atoms in total. The van der Waals surface area contributed by atoms with Gasteiger partial charge in [-0.3, -0.25) is 9.59 Å². The molecule has 0 unspecified atom stereocenters. The van der Waals surface area contributed by atoms with Crippen molar-refractivity contribution in [2.45, 2.75) is 37.6 Å². The fraction of sp³-hybridized carbons (Fsp3) is 0.281. The second-order valence-corrected chi connectivity index (χ2v) is 11.1. The highest BCUT2D eigenvalue weighted by Crippen LogP contribution is 2.63. The number of ketones is 2. The quantitative estimate of drug-likeness (QED) is 0.251. The Morgan fingerprint density at radius 2 is 1.63 bits per heavy atom. The molecule has 208 valence electrons. The number of allylic oxidation sites excluding steroid dienone is 1. The Morgan fingerprint density at radius 1 is 0.902 bits per heavy atom. The van der Waals surface area contributed by atoms with Crippen molar-refractivity contribution in [3.8, 4) is 17.2 Å². The molecule has 41 heavy (non-hydrogen) atoms. The summed E-state index contributed by atoms with van der Waals surface area (Å²) < 4.78 is 17.1. The summed E-state index contributed by atoms with van der Waals surface area (Å²) in [7, 11) is 2.81. The van der Waals surface area contributed by atoms with Crippen LogP contribution in [0.1, 0.15) is 76.5 Å². The van der Waals surface area contributed by atoms with Gasteiger partial charge in [-0.1, -0.05) is 30.4 Å². The van der Waals surface area contributed by atoms with Crippen LogP contribution in [0.3, 0.4) is 0 Å². The van der Waals surface area contributed by atoms with Gasteiger partial charge in [-0.05, 0) is 53.8 Å². The lowest BCUT2D eigenvalue weighted by Gasteiger charge is -2.46. The number of aryl methyl sites for hydroxylation is 1. The lowest BCUT2D eigenvalue weighted by molar-refractivity contribution is -0.119. The molecule has 0 saturated heterocycles. The zero-order valence-corrected chi connectivity index (χ0v) is 22.4. The summed E-state index contributed by atoms with van der Waals surface area (Å²) in [4.78, 5) is 41.4. The van der Waals surface area contributed by atoms with Gasteiger partial charge in [-0.15, -0.1) is 0 Å². The summed E-state index contributed by atoms with van der Waals surface area (Å²) in [5.74, 6) is -2.39. The molecule has 3 aliphatic carbocycles. The summed E-state index contributed by atoms with van der Waals surface area (Å²) in [6.45, 7) is 1.82. The molecule has 7 rings (SSSR count). The van der Waals surface area contributed by atoms with Gasteiger partial charge in [-0.2, -0.15) is 0 Å². The first-order chi connectivity index (χ1) is 19.6. The zero-order chi connectivity index (χ0) is 29.0. The third kappa shape index (κ3) is 3.10. The highest BCUT2D eigenvalue weighted by Gasteiger charge is 2.63. The third-order valence-corrected chi connectivity index (χ3v) is 9.07. The molecular weight excluding hydrogens is 528 g/mol. The fourth-order valence-corrected chi connectivity index (χ4v) is 7.42. The number of hydrogen-bond donors (Lipinski definition) is 3. The molecule has 1 spiro atoms. The van der Waals surface area contributed by atoms with Gasteiger partial charge < -0.3 is 29.5 Å². The first-order valence-corrected chi connectivity index (χ1v) is 13.2. The topological polar surface area (TPSA) is 140 Å². The maximum Gasteiger partial charge on any atom is 0.342 e. The van der Waals surface area contributed by atoms with E-state index in [9.17, 15) is 29.7 Å². The largest absolute Gasteiger partial charge is 0.507 e. The first kappa shape index (κ1) is 25.5. The normalized spacial score (nSPS) is 27.0. The number of benzene rings is 3. The van der Waals surface area contributed by atoms with Crippen LogP contribution in [0.25, 0.3) is 0 Å². The summed E-state index contributed by atoms with van der Waals surface area (Å²) in [6.07, 6.45) is -0.434. The number of rotatable bonds is 2. The molecule has 3 N–H and O–H groups in total. The van der Waals surface area contributed by atoms with Gasteiger partial charge in [0.15, 0.2) is 5.78 Å². The number of methoxy groups -OCH3 is 2. The number of ether oxygens (including phenoxy) is 3. The molecule has 5 atom stereocenters. The minimum Gasteiger partial charge on any atom is -0.507 e. The molecule has 0 aromatic heterocycles. The highest BCUT2D eigenvalue weighted by atomic mass is 16.6. The lowest BCUT2D eigenvalue weighted by Crippen LogP contribution is -2.52. The highest BCUT2D eigenvalue weighted by molar-refractivity contribution is 6.31. The van der Waals surface area contributed by atoms with Crippen molar-refractivity contribution in [3.63, 3.8) is 0 Å². The average Bonchev–Trinajstić information content (AvgIpc) is 3.26. The Balaban J connectivity index is 1.52. The van der Waals surface area contributed by atoms with Crippen LogP contribution >= 0.6 is 0 Å². The number of aliphatic hydroxyl groups is 2. The van der Waals surface area contributed by atoms with E-state index in [4.69, 9.17) is 14.2 Å². The van der Waals surface area contributed by atoms with Crippen LogP contribution in [-0.4, -0.2) is 59.3 Å². The van der Waals surface area contributed by atoms with Crippen molar-refractivity contribution in [2.75, 3.05) is 14.2 Å². The number of phenolic OH excluding ortho intramolecular Hbond substituents is 1. The van der Waals surface area contributed by atoms with E-state index in [0.29, 0.717) is 16.7 Å². The molecule has 1 heterocycles. The zero-order valence-electron chi connectivity index (χ0n) is 22.4. The lowest BCUT2D eigenvalue weighted by atomic mass is 9.61. The predicted octanol–water partition coefficient (Wildman–Crippen LogP) is 3.32. The Labute approximate surface area is 234 Å². The monoisotopic (exact) mass is 554 g/mol. The van der Waals surface area contributed by atoms with Crippen LogP contribution in [0.5, 0.6) is 17.2 Å². The number of esters is 1. The number of phenols is 1. The number of aromatic hydroxyl groups is 1. The van der Waals surface area contributed by atoms with E-state index in [0.717, 1.165) is 5.56 Å². The van der Waals surface area contributed by atoms with Gasteiger partial charge in [0.25, 0.3) is 0 Å². The van der Waals surface area contributed by atoms with Gasteiger partial charge in [0.05, 0.1) is 36.9 Å². The predicted molar refractivity (Wildman–Crippen MR) is 144 cm³/mol. The number of aliphatic hydroxyl groups excluding tert-OH is 2. The van der Waals surface area contributed by atoms with Crippen LogP contribution in [0.2, 0.25) is 0 Å². The maximum atomic E-state index is 14.1. The van der Waals surface area contributed by atoms with E-state index in [1.165, 1.54) is 38.5 Å². The molecule has 0 amide bonds. The van der Waals surface area contributed by atoms with Gasteiger partial charge >= 0.3 is 5.97 Å². The van der Waals surface area contributed by atoms with Crippen molar-refractivity contribution in [2.24, 2.45) is 5.41 Å². The summed E-state index contributed by atoms with van der Waals surface area (Å²) >= 11 is 0. The maximum absolute atomic E-state index is 14.1. The summed E-state index contributed by atoms with van der Waals surface area (Å²) in [5, 5.41) is 33.9. The van der Waals surface area contributed by atoms with Crippen molar-refractivity contribution < 1.29 is 43.9 Å². The minimum absolute atomic E-state index is 0.0244. The summed E-state index contributed by atoms with van der Waals surface area (Å²) in [5.41, 5.74) is 1.04. The Kier molecular flexibility index (Phi) is 5.30. The van der Waals surface area contributed by atoms with E-state index >= 15 is 0 Å². The van der Waals surface area contributed by atoms with Gasteiger partial charge in [0.1, 0.15) is 35.0 Å². The van der Waals surface area contributed by atoms with Crippen molar-refractivity contribution in [3.05, 3.63) is 98.6 Å². The Bertz CT molecular complexity index is 1750. The van der Waals surface area contributed by atoms with Gasteiger partial charge in [-0.25, -0.2) is 4.79 Å². The number of carbonyl (C=O) groups is 3. The van der Waals surface area contributed by atoms with Crippen LogP contribution in [-0.2, 0) is 11.2 Å². The molecule has 9 heteroatoms. The van der Waals surface area contributed by atoms with E-state index in [1.54, 1.807) is 24.3 Å². The molecule has 0 saturated carbocycles. The molecule has 0 radical (unpaired) electrons. The van der Waals surface area contributed by atoms with Gasteiger partial charge in [0, 0.05) is 17.0 Å². The van der Waals surface area contributed by atoms with Crippen LogP contribution in [0.4, 0.5) is 0 Å². The fourth-order valence-electron chi connectivity index (χ4n) is 7.42. The van der Waals surface area contributed by atoms with Crippen molar-refractivity contribution in [1.29, 1.82) is 0 Å². The first-order valence-electron chi connectivity index (χ1n) is 13.2. The van der Waals surface area contributed by atoms with Crippen molar-refractivity contribution >= 4 is 17.5 Å². The van der Waals surface area contributed by atoms with Crippen LogP contribution < -0.4 is 9.47 Å². The molecule has 3 aromatic rings. The SMILES string of the molecule is COc1cc(C)cc2c1C(=O)O[C@@H]1[C@H](O)C=C[C@@H]3c4c(cc(OC)c5c4C(=O)c4cccc(O)c4C5=O)C[C@@]31[C@H]2O. The van der Waals surface area contributed by atoms with Gasteiger partial charge in [0.2, 0.25) is 5.78 Å². The number of carbonyl (C=O) groups excluding carboxylic acids is 3.